The molecule has 1 aliphatic carbocycles. The fraction of sp³-hybridized carbons (Fsp3) is 0.185. The van der Waals surface area contributed by atoms with E-state index in [0.717, 1.165) is 41.8 Å². The molecule has 0 amide bonds. The minimum absolute atomic E-state index is 0.0417. The number of carboxylic acids is 1. The molecule has 0 aliphatic heterocycles. The van der Waals surface area contributed by atoms with Crippen LogP contribution in [0, 0.1) is 0 Å². The molecule has 3 aromatic carbocycles. The maximum absolute atomic E-state index is 10.1. The molecule has 0 atom stereocenters. The lowest BCUT2D eigenvalue weighted by Gasteiger charge is -2.07. The molecule has 0 spiro atoms. The smallest absolute Gasteiger partial charge is 0.300 e. The second kappa shape index (κ2) is 10.8. The summed E-state index contributed by atoms with van der Waals surface area (Å²) in [6.45, 7) is 1.97. The summed E-state index contributed by atoms with van der Waals surface area (Å²) in [5.74, 6) is 0.0120. The van der Waals surface area contributed by atoms with Crippen molar-refractivity contribution in [3.05, 3.63) is 78.4 Å². The zero-order valence-electron chi connectivity index (χ0n) is 19.3. The highest BCUT2D eigenvalue weighted by atomic mass is 16.4. The first kappa shape index (κ1) is 23.8. The molecule has 1 heterocycles. The SMILES string of the molecule is CC(=O)O.Oc1ccc(-c2ccc(-c3cc(Nc4cccc(CNC5CC5)c4)n[nH]3)cc2)c(O)c1. The highest BCUT2D eigenvalue weighted by Gasteiger charge is 2.19. The Bertz CT molecular complexity index is 1290. The number of carbonyl (C=O) groups is 1. The van der Waals surface area contributed by atoms with Gasteiger partial charge in [-0.05, 0) is 53.8 Å². The number of hydrogen-bond donors (Lipinski definition) is 6. The lowest BCUT2D eigenvalue weighted by Crippen LogP contribution is -2.15. The molecule has 35 heavy (non-hydrogen) atoms. The highest BCUT2D eigenvalue weighted by Crippen LogP contribution is 2.33. The number of nitrogens with one attached hydrogen (secondary N) is 3. The second-order valence-corrected chi connectivity index (χ2v) is 8.45. The standard InChI is InChI=1S/C25H24N4O2.C2H4O2/c30-21-10-11-22(24(31)13-21)17-4-6-18(7-5-17)23-14-25(29-28-23)27-20-3-1-2-16(12-20)15-26-19-8-9-19;1-2(3)4/h1-7,10-14,19,26,30-31H,8-9,15H2,(H2,27,28,29);1H3,(H,3,4). The minimum atomic E-state index is -0.833. The number of phenolic OH excluding ortho intramolecular Hbond substituents is 2. The second-order valence-electron chi connectivity index (χ2n) is 8.45. The number of aromatic nitrogens is 2. The van der Waals surface area contributed by atoms with E-state index in [9.17, 15) is 10.2 Å². The molecule has 180 valence electrons. The van der Waals surface area contributed by atoms with Gasteiger partial charge in [-0.25, -0.2) is 0 Å². The van der Waals surface area contributed by atoms with E-state index in [1.165, 1.54) is 24.5 Å². The fourth-order valence-corrected chi connectivity index (χ4v) is 3.58. The molecular formula is C27H28N4O4. The number of nitrogens with zero attached hydrogens (tertiary/aromatic N) is 1. The van der Waals surface area contributed by atoms with Gasteiger partial charge in [0, 0.05) is 42.9 Å². The van der Waals surface area contributed by atoms with Gasteiger partial charge in [0.1, 0.15) is 11.5 Å². The van der Waals surface area contributed by atoms with Crippen LogP contribution >= 0.6 is 0 Å². The Labute approximate surface area is 203 Å². The topological polar surface area (TPSA) is 130 Å². The molecule has 1 saturated carbocycles. The predicted octanol–water partition coefficient (Wildman–Crippen LogP) is 5.24. The van der Waals surface area contributed by atoms with E-state index in [-0.39, 0.29) is 11.5 Å². The van der Waals surface area contributed by atoms with Gasteiger partial charge in [0.25, 0.3) is 5.97 Å². The zero-order chi connectivity index (χ0) is 24.8. The first-order valence-corrected chi connectivity index (χ1v) is 11.3. The van der Waals surface area contributed by atoms with Crippen molar-refractivity contribution in [3.8, 4) is 33.9 Å². The van der Waals surface area contributed by atoms with Crippen molar-refractivity contribution in [2.45, 2.75) is 32.4 Å². The quantitative estimate of drug-likeness (QED) is 0.217. The molecule has 4 aromatic rings. The minimum Gasteiger partial charge on any atom is -0.508 e. The van der Waals surface area contributed by atoms with Gasteiger partial charge in [-0.15, -0.1) is 0 Å². The number of aromatic hydroxyl groups is 2. The first-order valence-electron chi connectivity index (χ1n) is 11.3. The average Bonchev–Trinajstić information content (AvgIpc) is 3.54. The lowest BCUT2D eigenvalue weighted by atomic mass is 10.0. The van der Waals surface area contributed by atoms with E-state index in [2.05, 4.69) is 39.0 Å². The van der Waals surface area contributed by atoms with E-state index in [4.69, 9.17) is 9.90 Å². The molecule has 5 rings (SSSR count). The Kier molecular flexibility index (Phi) is 7.32. The van der Waals surface area contributed by atoms with Crippen molar-refractivity contribution >= 4 is 17.5 Å². The van der Waals surface area contributed by atoms with Crippen molar-refractivity contribution in [2.24, 2.45) is 0 Å². The molecule has 0 saturated heterocycles. The van der Waals surface area contributed by atoms with Crippen molar-refractivity contribution in [3.63, 3.8) is 0 Å². The molecular weight excluding hydrogens is 444 g/mol. The Hall–Kier alpha value is -4.30. The van der Waals surface area contributed by atoms with Gasteiger partial charge in [0.15, 0.2) is 5.82 Å². The van der Waals surface area contributed by atoms with Gasteiger partial charge in [-0.3, -0.25) is 9.89 Å². The van der Waals surface area contributed by atoms with Crippen LogP contribution < -0.4 is 10.6 Å². The first-order chi connectivity index (χ1) is 16.9. The monoisotopic (exact) mass is 472 g/mol. The van der Waals surface area contributed by atoms with E-state index < -0.39 is 5.97 Å². The number of rotatable bonds is 7. The fourth-order valence-electron chi connectivity index (χ4n) is 3.58. The number of phenols is 2. The van der Waals surface area contributed by atoms with Crippen molar-refractivity contribution < 1.29 is 20.1 Å². The highest BCUT2D eigenvalue weighted by molar-refractivity contribution is 5.74. The molecule has 1 aromatic heterocycles. The van der Waals surface area contributed by atoms with Crippen molar-refractivity contribution in [1.82, 2.24) is 15.5 Å². The Balaban J connectivity index is 0.000000672. The molecule has 0 radical (unpaired) electrons. The molecule has 1 fully saturated rings. The van der Waals surface area contributed by atoms with E-state index >= 15 is 0 Å². The maximum atomic E-state index is 10.1. The van der Waals surface area contributed by atoms with Gasteiger partial charge >= 0.3 is 0 Å². The Morgan fingerprint density at radius 2 is 1.71 bits per heavy atom. The number of aliphatic carboxylic acids is 1. The summed E-state index contributed by atoms with van der Waals surface area (Å²) < 4.78 is 0. The van der Waals surface area contributed by atoms with Gasteiger partial charge in [0.05, 0.1) is 5.69 Å². The molecule has 0 bridgehead atoms. The number of carboxylic acid groups (broad SMARTS) is 1. The van der Waals surface area contributed by atoms with E-state index in [0.29, 0.717) is 11.6 Å². The largest absolute Gasteiger partial charge is 0.508 e. The van der Waals surface area contributed by atoms with Crippen LogP contribution in [0.4, 0.5) is 11.5 Å². The van der Waals surface area contributed by atoms with Crippen LogP contribution in [0.15, 0.2) is 72.8 Å². The number of anilines is 2. The molecule has 8 heteroatoms. The summed E-state index contributed by atoms with van der Waals surface area (Å²) in [7, 11) is 0. The average molecular weight is 473 g/mol. The van der Waals surface area contributed by atoms with Gasteiger partial charge in [0.2, 0.25) is 0 Å². The van der Waals surface area contributed by atoms with E-state index in [1.54, 1.807) is 12.1 Å². The van der Waals surface area contributed by atoms with Crippen molar-refractivity contribution in [2.75, 3.05) is 5.32 Å². The summed E-state index contributed by atoms with van der Waals surface area (Å²) in [6, 6.07) is 23.4. The van der Waals surface area contributed by atoms with Crippen LogP contribution in [0.25, 0.3) is 22.4 Å². The predicted molar refractivity (Wildman–Crippen MR) is 136 cm³/mol. The van der Waals surface area contributed by atoms with Crippen molar-refractivity contribution in [1.29, 1.82) is 0 Å². The van der Waals surface area contributed by atoms with Crippen LogP contribution in [0.1, 0.15) is 25.3 Å². The number of benzene rings is 3. The summed E-state index contributed by atoms with van der Waals surface area (Å²) in [5, 5.41) is 41.3. The molecule has 8 nitrogen and oxygen atoms in total. The van der Waals surface area contributed by atoms with Gasteiger partial charge in [-0.1, -0.05) is 36.4 Å². The third-order valence-corrected chi connectivity index (χ3v) is 5.44. The van der Waals surface area contributed by atoms with Gasteiger partial charge < -0.3 is 26.0 Å². The van der Waals surface area contributed by atoms with Crippen LogP contribution in [0.2, 0.25) is 0 Å². The molecule has 1 aliphatic rings. The van der Waals surface area contributed by atoms with Crippen LogP contribution in [-0.4, -0.2) is 37.5 Å². The van der Waals surface area contributed by atoms with Crippen LogP contribution in [0.5, 0.6) is 11.5 Å². The number of aromatic amines is 1. The van der Waals surface area contributed by atoms with E-state index in [1.807, 2.05) is 36.4 Å². The normalized spacial score (nSPS) is 12.5. The van der Waals surface area contributed by atoms with Crippen LogP contribution in [0.3, 0.4) is 0 Å². The number of hydrogen-bond acceptors (Lipinski definition) is 6. The summed E-state index contributed by atoms with van der Waals surface area (Å²) in [5.41, 5.74) is 5.69. The maximum Gasteiger partial charge on any atom is 0.300 e. The Morgan fingerprint density at radius 3 is 2.40 bits per heavy atom. The number of H-pyrrole nitrogens is 1. The Morgan fingerprint density at radius 1 is 1.00 bits per heavy atom. The molecule has 6 N–H and O–H groups in total. The summed E-state index contributed by atoms with van der Waals surface area (Å²) in [4.78, 5) is 9.00. The zero-order valence-corrected chi connectivity index (χ0v) is 19.3. The summed E-state index contributed by atoms with van der Waals surface area (Å²) in [6.07, 6.45) is 2.57. The molecule has 0 unspecified atom stereocenters. The lowest BCUT2D eigenvalue weighted by molar-refractivity contribution is -0.134. The third-order valence-electron chi connectivity index (χ3n) is 5.44. The van der Waals surface area contributed by atoms with Gasteiger partial charge in [-0.2, -0.15) is 5.10 Å². The summed E-state index contributed by atoms with van der Waals surface area (Å²) >= 11 is 0. The third kappa shape index (κ3) is 6.84. The van der Waals surface area contributed by atoms with Crippen LogP contribution in [-0.2, 0) is 11.3 Å².